The highest BCUT2D eigenvalue weighted by Gasteiger charge is 2.44. The van der Waals surface area contributed by atoms with Crippen molar-refractivity contribution < 1.29 is 29.3 Å². The van der Waals surface area contributed by atoms with E-state index in [-0.39, 0.29) is 0 Å². The number of hydrogen-bond donors (Lipinski definition) is 4. The van der Waals surface area contributed by atoms with Crippen molar-refractivity contribution in [3.8, 4) is 0 Å². The molecule has 4 atom stereocenters. The maximum atomic E-state index is 13.0. The molecular formula is C9H11FN2O7. The summed E-state index contributed by atoms with van der Waals surface area (Å²) >= 11 is 0. The van der Waals surface area contributed by atoms with E-state index in [1.165, 1.54) is 0 Å². The zero-order chi connectivity index (χ0) is 14.2. The molecule has 1 fully saturated rings. The van der Waals surface area contributed by atoms with E-state index in [1.54, 1.807) is 4.98 Å². The number of aromatic nitrogens is 2. The number of aliphatic hydroxyl groups excluding tert-OH is 3. The third kappa shape index (κ3) is 2.51. The minimum atomic E-state index is -1.54. The molecule has 2 heterocycles. The second-order valence-electron chi connectivity index (χ2n) is 3.87. The van der Waals surface area contributed by atoms with Gasteiger partial charge in [-0.15, -0.1) is 4.73 Å². The van der Waals surface area contributed by atoms with Crippen molar-refractivity contribution >= 4 is 0 Å². The highest BCUT2D eigenvalue weighted by molar-refractivity contribution is 4.88. The fraction of sp³-hybridized carbons (Fsp3) is 0.556. The molecule has 4 N–H and O–H groups in total. The number of halogens is 1. The van der Waals surface area contributed by atoms with Crippen molar-refractivity contribution in [1.29, 1.82) is 0 Å². The molecule has 0 aliphatic carbocycles. The van der Waals surface area contributed by atoms with Gasteiger partial charge in [-0.3, -0.25) is 9.78 Å². The molecule has 1 unspecified atom stereocenters. The van der Waals surface area contributed by atoms with Gasteiger partial charge >= 0.3 is 5.69 Å². The molecule has 10 heteroatoms. The number of nitrogens with zero attached hydrogens (tertiary/aromatic N) is 1. The van der Waals surface area contributed by atoms with Crippen molar-refractivity contribution in [3.63, 3.8) is 0 Å². The smallest absolute Gasteiger partial charge is 0.361 e. The van der Waals surface area contributed by atoms with Crippen LogP contribution in [0.1, 0.15) is 0 Å². The van der Waals surface area contributed by atoms with Gasteiger partial charge in [-0.25, -0.2) is 4.79 Å². The highest BCUT2D eigenvalue weighted by Crippen LogP contribution is 2.19. The first kappa shape index (κ1) is 13.7. The zero-order valence-corrected chi connectivity index (χ0v) is 9.39. The number of hydrogen-bond acceptors (Lipinski definition) is 7. The second kappa shape index (κ2) is 5.09. The topological polar surface area (TPSA) is 134 Å². The predicted molar refractivity (Wildman–Crippen MR) is 55.6 cm³/mol. The lowest BCUT2D eigenvalue weighted by Gasteiger charge is -2.16. The fourth-order valence-corrected chi connectivity index (χ4v) is 1.57. The Morgan fingerprint density at radius 1 is 1.42 bits per heavy atom. The first-order chi connectivity index (χ1) is 8.93. The second-order valence-corrected chi connectivity index (χ2v) is 3.87. The molecule has 0 spiro atoms. The molecule has 1 aromatic heterocycles. The monoisotopic (exact) mass is 278 g/mol. The molecule has 2 rings (SSSR count). The van der Waals surface area contributed by atoms with Gasteiger partial charge in [0.05, 0.1) is 12.8 Å². The Labute approximate surface area is 104 Å². The van der Waals surface area contributed by atoms with E-state index in [0.29, 0.717) is 10.9 Å². The van der Waals surface area contributed by atoms with Crippen LogP contribution in [0.2, 0.25) is 0 Å². The van der Waals surface area contributed by atoms with Crippen LogP contribution < -0.4 is 16.1 Å². The van der Waals surface area contributed by atoms with Gasteiger partial charge in [0.2, 0.25) is 5.82 Å². The summed E-state index contributed by atoms with van der Waals surface area (Å²) in [7, 11) is 0. The lowest BCUT2D eigenvalue weighted by Crippen LogP contribution is -2.43. The minimum Gasteiger partial charge on any atom is -0.394 e. The van der Waals surface area contributed by atoms with Crippen LogP contribution >= 0.6 is 0 Å². The van der Waals surface area contributed by atoms with Crippen molar-refractivity contribution in [2.75, 3.05) is 6.61 Å². The summed E-state index contributed by atoms with van der Waals surface area (Å²) < 4.78 is 18.2. The first-order valence-electron chi connectivity index (χ1n) is 5.25. The van der Waals surface area contributed by atoms with E-state index < -0.39 is 48.3 Å². The Hall–Kier alpha value is -1.75. The van der Waals surface area contributed by atoms with E-state index in [4.69, 9.17) is 14.7 Å². The van der Waals surface area contributed by atoms with Gasteiger partial charge in [0.15, 0.2) is 0 Å². The first-order valence-corrected chi connectivity index (χ1v) is 5.25. The maximum Gasteiger partial charge on any atom is 0.361 e. The Kier molecular flexibility index (Phi) is 3.66. The summed E-state index contributed by atoms with van der Waals surface area (Å²) in [5.41, 5.74) is -2.30. The van der Waals surface area contributed by atoms with Gasteiger partial charge in [-0.2, -0.15) is 4.39 Å². The lowest BCUT2D eigenvalue weighted by atomic mass is 10.1. The normalized spacial score (nSPS) is 30.5. The van der Waals surface area contributed by atoms with Crippen molar-refractivity contribution in [2.24, 2.45) is 0 Å². The van der Waals surface area contributed by atoms with Crippen LogP contribution in [0.4, 0.5) is 4.39 Å². The molecule has 0 bridgehead atoms. The summed E-state index contributed by atoms with van der Waals surface area (Å²) in [4.78, 5) is 28.5. The van der Waals surface area contributed by atoms with Crippen LogP contribution in [0.25, 0.3) is 0 Å². The zero-order valence-electron chi connectivity index (χ0n) is 9.39. The van der Waals surface area contributed by atoms with Gasteiger partial charge in [0, 0.05) is 0 Å². The minimum absolute atomic E-state index is 0.317. The highest BCUT2D eigenvalue weighted by atomic mass is 19.1. The van der Waals surface area contributed by atoms with Crippen LogP contribution in [0.3, 0.4) is 0 Å². The van der Waals surface area contributed by atoms with Crippen LogP contribution in [0.15, 0.2) is 15.8 Å². The molecule has 0 amide bonds. The van der Waals surface area contributed by atoms with Crippen molar-refractivity contribution in [2.45, 2.75) is 24.6 Å². The molecule has 1 aliphatic rings. The van der Waals surface area contributed by atoms with E-state index in [0.717, 1.165) is 0 Å². The third-order valence-corrected chi connectivity index (χ3v) is 2.58. The van der Waals surface area contributed by atoms with Crippen LogP contribution in [-0.4, -0.2) is 56.2 Å². The van der Waals surface area contributed by atoms with Crippen molar-refractivity contribution in [3.05, 3.63) is 32.9 Å². The molecule has 0 radical (unpaired) electrons. The molecule has 106 valence electrons. The van der Waals surface area contributed by atoms with E-state index in [9.17, 15) is 24.2 Å². The van der Waals surface area contributed by atoms with Crippen LogP contribution in [-0.2, 0) is 4.74 Å². The average molecular weight is 278 g/mol. The molecule has 9 nitrogen and oxygen atoms in total. The van der Waals surface area contributed by atoms with Crippen molar-refractivity contribution in [1.82, 2.24) is 9.71 Å². The van der Waals surface area contributed by atoms with Crippen LogP contribution in [0.5, 0.6) is 0 Å². The number of ether oxygens (including phenoxy) is 1. The molecule has 1 aliphatic heterocycles. The molecule has 1 saturated heterocycles. The third-order valence-electron chi connectivity index (χ3n) is 2.58. The maximum absolute atomic E-state index is 13.0. The quantitative estimate of drug-likeness (QED) is 0.451. The largest absolute Gasteiger partial charge is 0.394 e. The van der Waals surface area contributed by atoms with Gasteiger partial charge in [-0.05, 0) is 0 Å². The predicted octanol–water partition coefficient (Wildman–Crippen LogP) is -3.46. The average Bonchev–Trinajstić information content (AvgIpc) is 2.63. The number of nitrogens with one attached hydrogen (secondary N) is 1. The Balaban J connectivity index is 2.21. The van der Waals surface area contributed by atoms with Gasteiger partial charge < -0.3 is 24.9 Å². The van der Waals surface area contributed by atoms with Gasteiger partial charge in [-0.1, -0.05) is 0 Å². The van der Waals surface area contributed by atoms with E-state index in [2.05, 4.69) is 0 Å². The standard InChI is InChI=1S/C9H11FN2O7/c10-3-1-12(9(17)11-7(3)16)19-8-6(15)5(14)4(2-13)18-8/h1,4-6,8,13-15H,2H2,(H,11,16,17)/t4-,5-,6-,8?/m1/s1. The summed E-state index contributed by atoms with van der Waals surface area (Å²) in [6.45, 7) is -0.576. The number of aromatic amines is 1. The molecule has 1 aromatic rings. The fourth-order valence-electron chi connectivity index (χ4n) is 1.57. The van der Waals surface area contributed by atoms with Gasteiger partial charge in [0.1, 0.15) is 18.3 Å². The summed E-state index contributed by atoms with van der Waals surface area (Å²) in [5, 5.41) is 27.8. The Morgan fingerprint density at radius 3 is 2.68 bits per heavy atom. The SMILES string of the molecule is O=c1[nH]c(=O)n(OC2O[C@H](CO)[C@@H](O)[C@H]2O)cc1F. The molecular weight excluding hydrogens is 267 g/mol. The Bertz CT molecular complexity index is 570. The van der Waals surface area contributed by atoms with E-state index in [1.807, 2.05) is 0 Å². The Morgan fingerprint density at radius 2 is 2.11 bits per heavy atom. The molecule has 19 heavy (non-hydrogen) atoms. The summed E-state index contributed by atoms with van der Waals surface area (Å²) in [6, 6.07) is 0. The summed E-state index contributed by atoms with van der Waals surface area (Å²) in [6.07, 6.45) is -5.08. The summed E-state index contributed by atoms with van der Waals surface area (Å²) in [5.74, 6) is -1.27. The molecule has 0 saturated carbocycles. The lowest BCUT2D eigenvalue weighted by molar-refractivity contribution is -0.174. The molecule has 0 aromatic carbocycles. The van der Waals surface area contributed by atoms with Gasteiger partial charge in [0.25, 0.3) is 11.8 Å². The van der Waals surface area contributed by atoms with Crippen LogP contribution in [0, 0.1) is 5.82 Å². The van der Waals surface area contributed by atoms with E-state index >= 15 is 0 Å². The number of H-pyrrole nitrogens is 1. The number of rotatable bonds is 3. The number of aliphatic hydroxyl groups is 3.